The van der Waals surface area contributed by atoms with E-state index in [1.807, 2.05) is 24.3 Å². The number of benzene rings is 2. The number of hydrogen-bond donors (Lipinski definition) is 2. The van der Waals surface area contributed by atoms with Crippen molar-refractivity contribution in [1.29, 1.82) is 0 Å². The number of anilines is 2. The standard InChI is InChI=1S/C18H20Cl2N2O2/c1-2-3-10-24-14-7-4-6-13(11-14)21-12-17(23)22-16-9-5-8-15(19)18(16)20/h4-9,11,21H,2-3,10,12H2,1H3,(H,22,23). The van der Waals surface area contributed by atoms with Gasteiger partial charge in [0.05, 0.1) is 28.9 Å². The lowest BCUT2D eigenvalue weighted by Gasteiger charge is -2.11. The van der Waals surface area contributed by atoms with E-state index in [0.29, 0.717) is 22.3 Å². The Kier molecular flexibility index (Phi) is 7.22. The molecule has 6 heteroatoms. The Morgan fingerprint density at radius 3 is 2.75 bits per heavy atom. The minimum Gasteiger partial charge on any atom is -0.494 e. The summed E-state index contributed by atoms with van der Waals surface area (Å²) in [6.07, 6.45) is 2.10. The van der Waals surface area contributed by atoms with Crippen molar-refractivity contribution in [2.24, 2.45) is 0 Å². The van der Waals surface area contributed by atoms with Crippen molar-refractivity contribution in [2.45, 2.75) is 19.8 Å². The van der Waals surface area contributed by atoms with Crippen LogP contribution in [0.15, 0.2) is 42.5 Å². The first kappa shape index (κ1) is 18.4. The molecule has 2 rings (SSSR count). The summed E-state index contributed by atoms with van der Waals surface area (Å²) in [5.41, 5.74) is 1.31. The van der Waals surface area contributed by atoms with Crippen LogP contribution in [0.1, 0.15) is 19.8 Å². The Morgan fingerprint density at radius 1 is 1.17 bits per heavy atom. The molecule has 1 amide bonds. The molecule has 2 N–H and O–H groups in total. The van der Waals surface area contributed by atoms with E-state index >= 15 is 0 Å². The van der Waals surface area contributed by atoms with Gasteiger partial charge in [-0.2, -0.15) is 0 Å². The molecule has 0 aromatic heterocycles. The van der Waals surface area contributed by atoms with E-state index in [-0.39, 0.29) is 12.5 Å². The summed E-state index contributed by atoms with van der Waals surface area (Å²) in [6, 6.07) is 12.6. The van der Waals surface area contributed by atoms with E-state index in [9.17, 15) is 4.79 Å². The third-order valence-corrected chi connectivity index (χ3v) is 4.10. The van der Waals surface area contributed by atoms with Gasteiger partial charge in [-0.25, -0.2) is 0 Å². The first-order valence-electron chi connectivity index (χ1n) is 7.80. The fourth-order valence-electron chi connectivity index (χ4n) is 2.01. The van der Waals surface area contributed by atoms with Crippen LogP contribution in [0.4, 0.5) is 11.4 Å². The number of carbonyl (C=O) groups excluding carboxylic acids is 1. The molecule has 2 aromatic rings. The highest BCUT2D eigenvalue weighted by Crippen LogP contribution is 2.29. The molecule has 0 aliphatic carbocycles. The Labute approximate surface area is 152 Å². The van der Waals surface area contributed by atoms with Crippen molar-refractivity contribution in [1.82, 2.24) is 0 Å². The Hall–Kier alpha value is -1.91. The van der Waals surface area contributed by atoms with Crippen LogP contribution < -0.4 is 15.4 Å². The number of nitrogens with one attached hydrogen (secondary N) is 2. The summed E-state index contributed by atoms with van der Waals surface area (Å²) in [6.45, 7) is 2.92. The molecular formula is C18H20Cl2N2O2. The summed E-state index contributed by atoms with van der Waals surface area (Å²) < 4.78 is 5.65. The maximum Gasteiger partial charge on any atom is 0.243 e. The highest BCUT2D eigenvalue weighted by molar-refractivity contribution is 6.44. The molecule has 0 aliphatic heterocycles. The highest BCUT2D eigenvalue weighted by Gasteiger charge is 2.08. The lowest BCUT2D eigenvalue weighted by Crippen LogP contribution is -2.21. The number of hydrogen-bond acceptors (Lipinski definition) is 3. The molecule has 0 fully saturated rings. The topological polar surface area (TPSA) is 50.4 Å². The number of ether oxygens (including phenoxy) is 1. The predicted octanol–water partition coefficient (Wildman–Crippen LogP) is 5.22. The molecule has 24 heavy (non-hydrogen) atoms. The van der Waals surface area contributed by atoms with E-state index in [1.165, 1.54) is 0 Å². The van der Waals surface area contributed by atoms with Gasteiger partial charge < -0.3 is 15.4 Å². The van der Waals surface area contributed by atoms with Gasteiger partial charge >= 0.3 is 0 Å². The average molecular weight is 367 g/mol. The summed E-state index contributed by atoms with van der Waals surface area (Å²) in [7, 11) is 0. The van der Waals surface area contributed by atoms with Gasteiger partial charge in [0.2, 0.25) is 5.91 Å². The zero-order valence-corrected chi connectivity index (χ0v) is 15.0. The molecular weight excluding hydrogens is 347 g/mol. The quantitative estimate of drug-likeness (QED) is 0.629. The minimum absolute atomic E-state index is 0.112. The van der Waals surface area contributed by atoms with Gasteiger partial charge in [-0.3, -0.25) is 4.79 Å². The number of halogens is 2. The molecule has 0 unspecified atom stereocenters. The second-order valence-electron chi connectivity index (χ2n) is 5.23. The van der Waals surface area contributed by atoms with Crippen LogP contribution in [0.2, 0.25) is 10.0 Å². The maximum atomic E-state index is 12.0. The lowest BCUT2D eigenvalue weighted by atomic mass is 10.3. The molecule has 0 heterocycles. The SMILES string of the molecule is CCCCOc1cccc(NCC(=O)Nc2cccc(Cl)c2Cl)c1. The molecule has 0 bridgehead atoms. The van der Waals surface area contributed by atoms with Crippen molar-refractivity contribution in [3.8, 4) is 5.75 Å². The molecule has 0 saturated heterocycles. The molecule has 0 spiro atoms. The maximum absolute atomic E-state index is 12.0. The van der Waals surface area contributed by atoms with Crippen LogP contribution in [0.25, 0.3) is 0 Å². The van der Waals surface area contributed by atoms with Gasteiger partial charge in [0, 0.05) is 11.8 Å². The van der Waals surface area contributed by atoms with Gasteiger partial charge in [-0.1, -0.05) is 48.7 Å². The zero-order chi connectivity index (χ0) is 17.4. The van der Waals surface area contributed by atoms with Gasteiger partial charge in [-0.05, 0) is 30.7 Å². The van der Waals surface area contributed by atoms with E-state index in [4.69, 9.17) is 27.9 Å². The summed E-state index contributed by atoms with van der Waals surface area (Å²) in [5.74, 6) is 0.572. The molecule has 0 radical (unpaired) electrons. The Bertz CT molecular complexity index is 692. The zero-order valence-electron chi connectivity index (χ0n) is 13.4. The van der Waals surface area contributed by atoms with Crippen LogP contribution in [-0.4, -0.2) is 19.1 Å². The van der Waals surface area contributed by atoms with Crippen molar-refractivity contribution >= 4 is 40.5 Å². The van der Waals surface area contributed by atoms with Gasteiger partial charge in [0.25, 0.3) is 0 Å². The number of amides is 1. The van der Waals surface area contributed by atoms with E-state index in [2.05, 4.69) is 17.6 Å². The number of unbranched alkanes of at least 4 members (excludes halogenated alkanes) is 1. The van der Waals surface area contributed by atoms with Gasteiger partial charge in [-0.15, -0.1) is 0 Å². The fraction of sp³-hybridized carbons (Fsp3) is 0.278. The largest absolute Gasteiger partial charge is 0.494 e. The Morgan fingerprint density at radius 2 is 1.96 bits per heavy atom. The van der Waals surface area contributed by atoms with Crippen molar-refractivity contribution in [3.63, 3.8) is 0 Å². The molecule has 4 nitrogen and oxygen atoms in total. The van der Waals surface area contributed by atoms with Crippen LogP contribution >= 0.6 is 23.2 Å². The normalized spacial score (nSPS) is 10.3. The second kappa shape index (κ2) is 9.40. The number of carbonyl (C=O) groups is 1. The molecule has 0 saturated carbocycles. The van der Waals surface area contributed by atoms with Gasteiger partial charge in [0.1, 0.15) is 5.75 Å². The third-order valence-electron chi connectivity index (χ3n) is 3.28. The van der Waals surface area contributed by atoms with Crippen molar-refractivity contribution in [2.75, 3.05) is 23.8 Å². The average Bonchev–Trinajstić information content (AvgIpc) is 2.58. The molecule has 0 aliphatic rings. The lowest BCUT2D eigenvalue weighted by molar-refractivity contribution is -0.114. The van der Waals surface area contributed by atoms with Crippen molar-refractivity contribution < 1.29 is 9.53 Å². The smallest absolute Gasteiger partial charge is 0.243 e. The molecule has 0 atom stereocenters. The van der Waals surface area contributed by atoms with E-state index < -0.39 is 0 Å². The molecule has 128 valence electrons. The van der Waals surface area contributed by atoms with Crippen LogP contribution in [0.3, 0.4) is 0 Å². The minimum atomic E-state index is -0.212. The van der Waals surface area contributed by atoms with Crippen LogP contribution in [-0.2, 0) is 4.79 Å². The van der Waals surface area contributed by atoms with Gasteiger partial charge in [0.15, 0.2) is 0 Å². The fourth-order valence-corrected chi connectivity index (χ4v) is 2.36. The predicted molar refractivity (Wildman–Crippen MR) is 100 cm³/mol. The first-order valence-corrected chi connectivity index (χ1v) is 8.56. The summed E-state index contributed by atoms with van der Waals surface area (Å²) >= 11 is 12.0. The summed E-state index contributed by atoms with van der Waals surface area (Å²) in [4.78, 5) is 12.0. The highest BCUT2D eigenvalue weighted by atomic mass is 35.5. The Balaban J connectivity index is 1.87. The second-order valence-corrected chi connectivity index (χ2v) is 6.02. The summed E-state index contributed by atoms with van der Waals surface area (Å²) in [5, 5.41) is 6.52. The van der Waals surface area contributed by atoms with E-state index in [0.717, 1.165) is 24.3 Å². The van der Waals surface area contributed by atoms with Crippen LogP contribution in [0.5, 0.6) is 5.75 Å². The van der Waals surface area contributed by atoms with Crippen molar-refractivity contribution in [3.05, 3.63) is 52.5 Å². The number of rotatable bonds is 8. The third kappa shape index (κ3) is 5.62. The van der Waals surface area contributed by atoms with Crippen LogP contribution in [0, 0.1) is 0 Å². The molecule has 2 aromatic carbocycles. The van der Waals surface area contributed by atoms with E-state index in [1.54, 1.807) is 18.2 Å². The first-order chi connectivity index (χ1) is 11.6. The monoisotopic (exact) mass is 366 g/mol.